The van der Waals surface area contributed by atoms with Crippen LogP contribution < -0.4 is 0 Å². The van der Waals surface area contributed by atoms with E-state index in [-0.39, 0.29) is 6.61 Å². The Labute approximate surface area is 95.9 Å². The maximum Gasteiger partial charge on any atom is 0.159 e. The van der Waals surface area contributed by atoms with E-state index in [1.54, 1.807) is 0 Å². The molecule has 0 aliphatic carbocycles. The molecule has 1 rings (SSSR count). The van der Waals surface area contributed by atoms with Gasteiger partial charge < -0.3 is 9.84 Å². The van der Waals surface area contributed by atoms with Gasteiger partial charge in [-0.3, -0.25) is 0 Å². The van der Waals surface area contributed by atoms with Crippen molar-refractivity contribution in [3.8, 4) is 0 Å². The molecule has 0 amide bonds. The molecule has 0 radical (unpaired) electrons. The molecule has 1 N–H and O–H groups in total. The van der Waals surface area contributed by atoms with Crippen LogP contribution in [-0.2, 0) is 11.2 Å². The normalized spacial score (nSPS) is 9.93. The zero-order valence-electron chi connectivity index (χ0n) is 8.69. The summed E-state index contributed by atoms with van der Waals surface area (Å²) < 4.78 is 5.11. The summed E-state index contributed by atoms with van der Waals surface area (Å²) in [7, 11) is 0. The summed E-state index contributed by atoms with van der Waals surface area (Å²) in [5.41, 5.74) is 1.32. The second-order valence-electron chi connectivity index (χ2n) is 3.28. The number of ether oxygens (including phenoxy) is 1. The van der Waals surface area contributed by atoms with Gasteiger partial charge in [0.25, 0.3) is 0 Å². The van der Waals surface area contributed by atoms with E-state index in [2.05, 4.69) is 12.1 Å². The van der Waals surface area contributed by atoms with Gasteiger partial charge in [-0.05, 0) is 30.6 Å². The molecule has 0 bridgehead atoms. The van der Waals surface area contributed by atoms with Gasteiger partial charge in [0, 0.05) is 6.42 Å². The van der Waals surface area contributed by atoms with Gasteiger partial charge in [0.1, 0.15) is 6.61 Å². The van der Waals surface area contributed by atoms with E-state index < -0.39 is 0 Å². The molecule has 2 nitrogen and oxygen atoms in total. The van der Waals surface area contributed by atoms with Crippen LogP contribution in [0, 0.1) is 0 Å². The largest absolute Gasteiger partial charge is 0.485 e. The number of hydrogen-bond acceptors (Lipinski definition) is 3. The van der Waals surface area contributed by atoms with Gasteiger partial charge >= 0.3 is 0 Å². The van der Waals surface area contributed by atoms with Crippen molar-refractivity contribution in [2.75, 3.05) is 13.2 Å². The van der Waals surface area contributed by atoms with Crippen LogP contribution in [0.3, 0.4) is 0 Å². The van der Waals surface area contributed by atoms with E-state index in [0.29, 0.717) is 11.7 Å². The highest BCUT2D eigenvalue weighted by atomic mass is 32.1. The van der Waals surface area contributed by atoms with Gasteiger partial charge in [-0.25, -0.2) is 0 Å². The highest BCUT2D eigenvalue weighted by molar-refractivity contribution is 7.80. The van der Waals surface area contributed by atoms with Gasteiger partial charge in [0.2, 0.25) is 0 Å². The van der Waals surface area contributed by atoms with Gasteiger partial charge in [-0.2, -0.15) is 0 Å². The van der Waals surface area contributed by atoms with Crippen LogP contribution in [0.5, 0.6) is 0 Å². The molecule has 0 saturated heterocycles. The van der Waals surface area contributed by atoms with E-state index >= 15 is 0 Å². The zero-order valence-corrected chi connectivity index (χ0v) is 9.50. The second-order valence-corrected chi connectivity index (χ2v) is 3.74. The first-order valence-corrected chi connectivity index (χ1v) is 5.54. The number of aryl methyl sites for hydroxylation is 1. The number of rotatable bonds is 6. The predicted octanol–water partition coefficient (Wildman–Crippen LogP) is 2.35. The van der Waals surface area contributed by atoms with Crippen molar-refractivity contribution >= 4 is 17.3 Å². The molecule has 0 aromatic heterocycles. The first kappa shape index (κ1) is 12.1. The number of aliphatic hydroxyl groups is 1. The number of benzene rings is 1. The lowest BCUT2D eigenvalue weighted by atomic mass is 10.1. The molecule has 0 aliphatic heterocycles. The monoisotopic (exact) mass is 224 g/mol. The average molecular weight is 224 g/mol. The molecule has 0 saturated carbocycles. The maximum absolute atomic E-state index is 8.53. The molecule has 1 aromatic carbocycles. The topological polar surface area (TPSA) is 29.5 Å². The summed E-state index contributed by atoms with van der Waals surface area (Å²) in [5, 5.41) is 9.13. The molecule has 0 aliphatic rings. The van der Waals surface area contributed by atoms with E-state index in [1.807, 2.05) is 18.2 Å². The Kier molecular flexibility index (Phi) is 5.97. The zero-order chi connectivity index (χ0) is 10.9. The Hall–Kier alpha value is -0.930. The summed E-state index contributed by atoms with van der Waals surface area (Å²) in [6.07, 6.45) is 2.79. The SMILES string of the molecule is OCCOC(=S)CCCc1ccccc1. The Bertz CT molecular complexity index is 285. The van der Waals surface area contributed by atoms with Gasteiger partial charge in [-0.1, -0.05) is 30.3 Å². The van der Waals surface area contributed by atoms with Crippen molar-refractivity contribution in [2.24, 2.45) is 0 Å². The second kappa shape index (κ2) is 7.37. The number of thiocarbonyl (C=S) groups is 1. The molecule has 82 valence electrons. The van der Waals surface area contributed by atoms with Crippen LogP contribution in [0.2, 0.25) is 0 Å². The van der Waals surface area contributed by atoms with Gasteiger partial charge in [-0.15, -0.1) is 0 Å². The number of aliphatic hydroxyl groups excluding tert-OH is 1. The van der Waals surface area contributed by atoms with E-state index in [9.17, 15) is 0 Å². The minimum atomic E-state index is 0.0266. The molecular formula is C12H16O2S. The van der Waals surface area contributed by atoms with Crippen molar-refractivity contribution in [2.45, 2.75) is 19.3 Å². The Balaban J connectivity index is 2.14. The van der Waals surface area contributed by atoms with Gasteiger partial charge in [0.05, 0.1) is 6.61 Å². The Morgan fingerprint density at radius 1 is 1.27 bits per heavy atom. The highest BCUT2D eigenvalue weighted by Crippen LogP contribution is 2.05. The lowest BCUT2D eigenvalue weighted by molar-refractivity contribution is 0.194. The summed E-state index contributed by atoms with van der Waals surface area (Å²) >= 11 is 5.00. The fourth-order valence-corrected chi connectivity index (χ4v) is 1.54. The molecule has 15 heavy (non-hydrogen) atoms. The van der Waals surface area contributed by atoms with Crippen LogP contribution >= 0.6 is 12.2 Å². The van der Waals surface area contributed by atoms with Gasteiger partial charge in [0.15, 0.2) is 5.05 Å². The third-order valence-electron chi connectivity index (χ3n) is 2.04. The van der Waals surface area contributed by atoms with Crippen LogP contribution in [0.4, 0.5) is 0 Å². The first-order chi connectivity index (χ1) is 7.33. The smallest absolute Gasteiger partial charge is 0.159 e. The van der Waals surface area contributed by atoms with E-state index in [1.165, 1.54) is 5.56 Å². The molecule has 0 fully saturated rings. The third kappa shape index (κ3) is 5.50. The van der Waals surface area contributed by atoms with E-state index in [0.717, 1.165) is 19.3 Å². The Morgan fingerprint density at radius 2 is 2.00 bits per heavy atom. The third-order valence-corrected chi connectivity index (χ3v) is 2.37. The molecule has 3 heteroatoms. The quantitative estimate of drug-likeness (QED) is 0.752. The maximum atomic E-state index is 8.53. The molecule has 0 atom stereocenters. The molecule has 0 spiro atoms. The Morgan fingerprint density at radius 3 is 2.67 bits per heavy atom. The summed E-state index contributed by atoms with van der Waals surface area (Å²) in [6, 6.07) is 10.3. The summed E-state index contributed by atoms with van der Waals surface area (Å²) in [6.45, 7) is 0.336. The van der Waals surface area contributed by atoms with Crippen molar-refractivity contribution in [1.29, 1.82) is 0 Å². The summed E-state index contributed by atoms with van der Waals surface area (Å²) in [5.74, 6) is 0. The standard InChI is InChI=1S/C12H16O2S/c13-9-10-14-12(15)8-4-7-11-5-2-1-3-6-11/h1-3,5-6,13H,4,7-10H2. The molecule has 1 aromatic rings. The van der Waals surface area contributed by atoms with Crippen molar-refractivity contribution < 1.29 is 9.84 Å². The summed E-state index contributed by atoms with van der Waals surface area (Å²) in [4.78, 5) is 0. The molecule has 0 heterocycles. The first-order valence-electron chi connectivity index (χ1n) is 5.13. The van der Waals surface area contributed by atoms with Crippen LogP contribution in [0.15, 0.2) is 30.3 Å². The minimum absolute atomic E-state index is 0.0266. The molecule has 0 unspecified atom stereocenters. The minimum Gasteiger partial charge on any atom is -0.485 e. The fraction of sp³-hybridized carbons (Fsp3) is 0.417. The van der Waals surface area contributed by atoms with Crippen LogP contribution in [-0.4, -0.2) is 23.4 Å². The highest BCUT2D eigenvalue weighted by Gasteiger charge is 1.98. The van der Waals surface area contributed by atoms with Crippen LogP contribution in [0.25, 0.3) is 0 Å². The predicted molar refractivity (Wildman–Crippen MR) is 65.0 cm³/mol. The van der Waals surface area contributed by atoms with Crippen molar-refractivity contribution in [3.63, 3.8) is 0 Å². The fourth-order valence-electron chi connectivity index (χ4n) is 1.31. The lowest BCUT2D eigenvalue weighted by Crippen LogP contribution is -2.06. The average Bonchev–Trinajstić information content (AvgIpc) is 2.28. The van der Waals surface area contributed by atoms with Crippen molar-refractivity contribution in [3.05, 3.63) is 35.9 Å². The number of hydrogen-bond donors (Lipinski definition) is 1. The van der Waals surface area contributed by atoms with Crippen molar-refractivity contribution in [1.82, 2.24) is 0 Å². The van der Waals surface area contributed by atoms with Crippen LogP contribution in [0.1, 0.15) is 18.4 Å². The van der Waals surface area contributed by atoms with E-state index in [4.69, 9.17) is 22.1 Å². The molecular weight excluding hydrogens is 208 g/mol. The lowest BCUT2D eigenvalue weighted by Gasteiger charge is -2.05.